The van der Waals surface area contributed by atoms with Crippen molar-refractivity contribution >= 4 is 27.6 Å². The van der Waals surface area contributed by atoms with Crippen molar-refractivity contribution in [2.45, 2.75) is 24.2 Å². The van der Waals surface area contributed by atoms with Crippen LogP contribution in [0.5, 0.6) is 0 Å². The number of anilines is 1. The van der Waals surface area contributed by atoms with Crippen molar-refractivity contribution in [1.82, 2.24) is 4.72 Å². The number of alkyl halides is 3. The molecular weight excluding hydrogens is 329 g/mol. The largest absolute Gasteiger partial charge is 0.479 e. The van der Waals surface area contributed by atoms with Crippen molar-refractivity contribution < 1.29 is 36.3 Å². The SMILES string of the molecule is Cc1ccc2c(c1)N(C(=O)C(F)(F)F)C(C(=O)O)NS2(=O)=O. The average molecular weight is 338 g/mol. The van der Waals surface area contributed by atoms with Crippen LogP contribution in [0.1, 0.15) is 5.56 Å². The van der Waals surface area contributed by atoms with E-state index in [-0.39, 0.29) is 4.90 Å². The summed E-state index contributed by atoms with van der Waals surface area (Å²) in [5.41, 5.74) is -0.270. The average Bonchev–Trinajstić information content (AvgIpc) is 2.35. The van der Waals surface area contributed by atoms with Gasteiger partial charge in [0.15, 0.2) is 6.17 Å². The van der Waals surface area contributed by atoms with Gasteiger partial charge in [0.1, 0.15) is 4.90 Å². The van der Waals surface area contributed by atoms with Gasteiger partial charge in [0.2, 0.25) is 10.0 Å². The highest BCUT2D eigenvalue weighted by Gasteiger charge is 2.51. The number of carbonyl (C=O) groups is 2. The minimum absolute atomic E-state index is 0.119. The Hall–Kier alpha value is -2.14. The molecule has 1 aromatic carbocycles. The molecule has 7 nitrogen and oxygen atoms in total. The molecule has 1 amide bonds. The number of nitrogens with zero attached hydrogens (tertiary/aromatic N) is 1. The second-order valence-corrected chi connectivity index (χ2v) is 6.19. The summed E-state index contributed by atoms with van der Waals surface area (Å²) in [7, 11) is -4.36. The number of halogens is 3. The van der Waals surface area contributed by atoms with Crippen molar-refractivity contribution in [3.05, 3.63) is 23.8 Å². The van der Waals surface area contributed by atoms with Crippen LogP contribution in [0.2, 0.25) is 0 Å². The molecule has 0 fully saturated rings. The first-order valence-corrected chi connectivity index (χ1v) is 7.19. The Morgan fingerprint density at radius 2 is 1.91 bits per heavy atom. The highest BCUT2D eigenvalue weighted by atomic mass is 32.2. The molecule has 0 aromatic heterocycles. The highest BCUT2D eigenvalue weighted by molar-refractivity contribution is 7.89. The molecule has 120 valence electrons. The van der Waals surface area contributed by atoms with E-state index in [0.717, 1.165) is 12.1 Å². The second-order valence-electron chi connectivity index (χ2n) is 4.51. The molecule has 2 rings (SSSR count). The number of amides is 1. The molecule has 1 unspecified atom stereocenters. The fraction of sp³-hybridized carbons (Fsp3) is 0.273. The van der Waals surface area contributed by atoms with E-state index in [4.69, 9.17) is 5.11 Å². The molecule has 0 bridgehead atoms. The molecule has 0 radical (unpaired) electrons. The summed E-state index contributed by atoms with van der Waals surface area (Å²) in [6.45, 7) is 1.46. The summed E-state index contributed by atoms with van der Waals surface area (Å²) in [4.78, 5) is 21.9. The van der Waals surface area contributed by atoms with Gasteiger partial charge in [-0.3, -0.25) is 9.69 Å². The fourth-order valence-corrected chi connectivity index (χ4v) is 3.28. The number of carbonyl (C=O) groups excluding carboxylic acids is 1. The van der Waals surface area contributed by atoms with Crippen molar-refractivity contribution in [2.24, 2.45) is 0 Å². The first-order chi connectivity index (χ1) is 9.95. The molecule has 0 saturated heterocycles. The molecule has 0 spiro atoms. The summed E-state index contributed by atoms with van der Waals surface area (Å²) in [6.07, 6.45) is -7.74. The van der Waals surface area contributed by atoms with Gasteiger partial charge in [-0.2, -0.15) is 17.9 Å². The van der Waals surface area contributed by atoms with E-state index < -0.39 is 44.8 Å². The van der Waals surface area contributed by atoms with Crippen LogP contribution in [0.15, 0.2) is 23.1 Å². The number of aliphatic carboxylic acids is 1. The number of benzene rings is 1. The Balaban J connectivity index is 2.75. The Kier molecular flexibility index (Phi) is 3.65. The van der Waals surface area contributed by atoms with Crippen LogP contribution in [0.25, 0.3) is 0 Å². The molecule has 0 saturated carbocycles. The van der Waals surface area contributed by atoms with Crippen LogP contribution in [-0.2, 0) is 19.6 Å². The van der Waals surface area contributed by atoms with Crippen molar-refractivity contribution in [3.8, 4) is 0 Å². The van der Waals surface area contributed by atoms with Gasteiger partial charge in [0.25, 0.3) is 0 Å². The monoisotopic (exact) mass is 338 g/mol. The van der Waals surface area contributed by atoms with Gasteiger partial charge in [-0.25, -0.2) is 13.2 Å². The van der Waals surface area contributed by atoms with E-state index >= 15 is 0 Å². The van der Waals surface area contributed by atoms with Crippen LogP contribution in [0.3, 0.4) is 0 Å². The van der Waals surface area contributed by atoms with Gasteiger partial charge < -0.3 is 5.11 Å². The first-order valence-electron chi connectivity index (χ1n) is 5.71. The lowest BCUT2D eigenvalue weighted by atomic mass is 10.2. The number of hydrogen-bond donors (Lipinski definition) is 2. The summed E-state index contributed by atoms with van der Waals surface area (Å²) in [6, 6.07) is 3.32. The number of aryl methyl sites for hydroxylation is 1. The smallest absolute Gasteiger partial charge is 0.471 e. The predicted octanol–water partition coefficient (Wildman–Crippen LogP) is 0.593. The van der Waals surface area contributed by atoms with E-state index in [1.165, 1.54) is 13.0 Å². The zero-order chi connectivity index (χ0) is 16.9. The van der Waals surface area contributed by atoms with Crippen LogP contribution in [0, 0.1) is 6.92 Å². The van der Waals surface area contributed by atoms with Gasteiger partial charge in [-0.15, -0.1) is 0 Å². The van der Waals surface area contributed by atoms with Crippen LogP contribution in [-0.4, -0.2) is 37.7 Å². The number of rotatable bonds is 1. The Bertz CT molecular complexity index is 759. The first kappa shape index (κ1) is 16.2. The Morgan fingerprint density at radius 1 is 1.32 bits per heavy atom. The topological polar surface area (TPSA) is 104 Å². The summed E-state index contributed by atoms with van der Waals surface area (Å²) < 4.78 is 63.5. The Morgan fingerprint density at radius 3 is 2.41 bits per heavy atom. The summed E-state index contributed by atoms with van der Waals surface area (Å²) in [5.74, 6) is -4.41. The third kappa shape index (κ3) is 2.64. The normalized spacial score (nSPS) is 20.4. The number of nitrogens with one attached hydrogen (secondary N) is 1. The zero-order valence-electron chi connectivity index (χ0n) is 10.9. The maximum atomic E-state index is 12.7. The van der Waals surface area contributed by atoms with E-state index in [0.29, 0.717) is 5.56 Å². The molecule has 1 aliphatic rings. The molecule has 22 heavy (non-hydrogen) atoms. The molecule has 1 heterocycles. The lowest BCUT2D eigenvalue weighted by Crippen LogP contribution is -2.61. The molecule has 1 aromatic rings. The zero-order valence-corrected chi connectivity index (χ0v) is 11.7. The lowest BCUT2D eigenvalue weighted by molar-refractivity contribution is -0.172. The van der Waals surface area contributed by atoms with Gasteiger partial charge in [0.05, 0.1) is 5.69 Å². The molecule has 11 heteroatoms. The van der Waals surface area contributed by atoms with E-state index in [1.54, 1.807) is 4.72 Å². The molecule has 2 N–H and O–H groups in total. The molecule has 0 aliphatic carbocycles. The van der Waals surface area contributed by atoms with Crippen molar-refractivity contribution in [1.29, 1.82) is 0 Å². The van der Waals surface area contributed by atoms with Gasteiger partial charge >= 0.3 is 18.1 Å². The standard InChI is InChI=1S/C11H9F3N2O5S/c1-5-2-3-7-6(4-5)16(10(19)11(12,13)14)8(9(17)18)15-22(7,20)21/h2-4,8,15H,1H3,(H,17,18). The van der Waals surface area contributed by atoms with Gasteiger partial charge in [-0.1, -0.05) is 6.07 Å². The van der Waals surface area contributed by atoms with Crippen molar-refractivity contribution in [2.75, 3.05) is 4.90 Å². The minimum Gasteiger partial charge on any atom is -0.479 e. The number of carboxylic acid groups (broad SMARTS) is 1. The van der Waals surface area contributed by atoms with Gasteiger partial charge in [-0.05, 0) is 24.6 Å². The van der Waals surface area contributed by atoms with Crippen LogP contribution < -0.4 is 9.62 Å². The van der Waals surface area contributed by atoms with E-state index in [9.17, 15) is 31.2 Å². The molecular formula is C11H9F3N2O5S. The Labute approximate surface area is 122 Å². The maximum absolute atomic E-state index is 12.7. The number of fused-ring (bicyclic) bond motifs is 1. The van der Waals surface area contributed by atoms with E-state index in [2.05, 4.69) is 0 Å². The van der Waals surface area contributed by atoms with Crippen LogP contribution >= 0.6 is 0 Å². The number of sulfonamides is 1. The summed E-state index contributed by atoms with van der Waals surface area (Å²) >= 11 is 0. The minimum atomic E-state index is -5.36. The maximum Gasteiger partial charge on any atom is 0.471 e. The third-order valence-electron chi connectivity index (χ3n) is 2.88. The lowest BCUT2D eigenvalue weighted by Gasteiger charge is -2.35. The molecule has 1 atom stereocenters. The van der Waals surface area contributed by atoms with Crippen LogP contribution in [0.4, 0.5) is 18.9 Å². The second kappa shape index (κ2) is 4.95. The fourth-order valence-electron chi connectivity index (χ4n) is 1.97. The number of hydrogen-bond acceptors (Lipinski definition) is 4. The summed E-state index contributed by atoms with van der Waals surface area (Å²) in [5, 5.41) is 8.96. The highest BCUT2D eigenvalue weighted by Crippen LogP contribution is 2.35. The predicted molar refractivity (Wildman–Crippen MR) is 66.5 cm³/mol. The quantitative estimate of drug-likeness (QED) is 0.780. The number of carboxylic acids is 1. The third-order valence-corrected chi connectivity index (χ3v) is 4.34. The molecule has 1 aliphatic heterocycles. The van der Waals surface area contributed by atoms with Gasteiger partial charge in [0, 0.05) is 0 Å². The van der Waals surface area contributed by atoms with E-state index in [1.807, 2.05) is 0 Å². The van der Waals surface area contributed by atoms with Crippen molar-refractivity contribution in [3.63, 3.8) is 0 Å².